The maximum Gasteiger partial charge on any atom is 0.407 e. The molecule has 3 heterocycles. The molecule has 0 atom stereocenters. The van der Waals surface area contributed by atoms with Gasteiger partial charge in [0, 0.05) is 43.9 Å². The van der Waals surface area contributed by atoms with Gasteiger partial charge in [0.25, 0.3) is 11.5 Å². The Hall–Kier alpha value is -4.20. The van der Waals surface area contributed by atoms with Gasteiger partial charge in [0.2, 0.25) is 0 Å². The molecule has 2 amide bonds. The van der Waals surface area contributed by atoms with Gasteiger partial charge in [0.05, 0.1) is 24.8 Å². The van der Waals surface area contributed by atoms with Crippen molar-refractivity contribution in [2.24, 2.45) is 0 Å². The summed E-state index contributed by atoms with van der Waals surface area (Å²) in [5.41, 5.74) is 1.10. The summed E-state index contributed by atoms with van der Waals surface area (Å²) in [4.78, 5) is 48.5. The van der Waals surface area contributed by atoms with Crippen molar-refractivity contribution in [2.75, 3.05) is 36.2 Å². The van der Waals surface area contributed by atoms with Gasteiger partial charge in [-0.3, -0.25) is 9.59 Å². The summed E-state index contributed by atoms with van der Waals surface area (Å²) >= 11 is 0. The van der Waals surface area contributed by atoms with Crippen LogP contribution in [0.3, 0.4) is 0 Å². The number of aromatic amines is 1. The Morgan fingerprint density at radius 1 is 1.11 bits per heavy atom. The minimum atomic E-state index is -0.928. The van der Waals surface area contributed by atoms with Gasteiger partial charge in [-0.05, 0) is 38.5 Å². The largest absolute Gasteiger partial charge is 0.465 e. The highest BCUT2D eigenvalue weighted by molar-refractivity contribution is 6.03. The molecule has 2 aliphatic carbocycles. The number of methoxy groups -OCH3 is 1. The summed E-state index contributed by atoms with van der Waals surface area (Å²) in [6.45, 7) is 0.713. The predicted octanol–water partition coefficient (Wildman–Crippen LogP) is 1.99. The Kier molecular flexibility index (Phi) is 7.40. The minimum absolute atomic E-state index is 0.0500. The number of amides is 2. The molecule has 0 aromatic carbocycles. The number of hydrogen-bond acceptors (Lipinski definition) is 9. The highest BCUT2D eigenvalue weighted by Crippen LogP contribution is 2.30. The number of ether oxygens (including phenoxy) is 1. The van der Waals surface area contributed by atoms with Crippen LogP contribution in [0.1, 0.15) is 49.0 Å². The number of carboxylic acid groups (broad SMARTS) is 1. The molecule has 0 spiro atoms. The lowest BCUT2D eigenvalue weighted by molar-refractivity contribution is 0.0854. The molecule has 0 saturated heterocycles. The van der Waals surface area contributed by atoms with E-state index in [4.69, 9.17) is 4.74 Å². The number of carbonyl (C=O) groups is 2. The van der Waals surface area contributed by atoms with Crippen LogP contribution in [0.15, 0.2) is 29.5 Å². The van der Waals surface area contributed by atoms with Crippen molar-refractivity contribution in [3.8, 4) is 0 Å². The summed E-state index contributed by atoms with van der Waals surface area (Å²) in [7, 11) is 1.56. The van der Waals surface area contributed by atoms with Crippen molar-refractivity contribution in [1.82, 2.24) is 29.5 Å². The normalized spacial score (nSPS) is 19.2. The summed E-state index contributed by atoms with van der Waals surface area (Å²) in [5.74, 6) is 0.208. The summed E-state index contributed by atoms with van der Waals surface area (Å²) in [6.07, 6.45) is 6.86. The van der Waals surface area contributed by atoms with Gasteiger partial charge in [-0.1, -0.05) is 0 Å². The number of nitrogens with one attached hydrogen (secondary N) is 4. The molecule has 0 unspecified atom stereocenters. The molecular formula is C24H31N9O5. The molecular weight excluding hydrogens is 494 g/mol. The highest BCUT2D eigenvalue weighted by atomic mass is 16.5. The molecule has 2 aliphatic rings. The van der Waals surface area contributed by atoms with E-state index in [1.807, 2.05) is 6.07 Å². The SMILES string of the molecule is COCCN(C(=O)O)C1CCC(Nc2cc(NC3CC3)c3ncc(C(=O)Nc4cc(=O)[nH]cn4)n3n2)CC1. The number of anilines is 3. The fraction of sp³-hybridized carbons (Fsp3) is 0.500. The van der Waals surface area contributed by atoms with Crippen molar-refractivity contribution < 1.29 is 19.4 Å². The number of aromatic nitrogens is 5. The van der Waals surface area contributed by atoms with Crippen LogP contribution in [-0.2, 0) is 4.74 Å². The van der Waals surface area contributed by atoms with Gasteiger partial charge in [0.15, 0.2) is 11.3 Å². The van der Waals surface area contributed by atoms with Gasteiger partial charge in [-0.25, -0.2) is 19.3 Å². The zero-order chi connectivity index (χ0) is 26.6. The second kappa shape index (κ2) is 11.0. The molecule has 0 bridgehead atoms. The van der Waals surface area contributed by atoms with E-state index in [-0.39, 0.29) is 29.2 Å². The van der Waals surface area contributed by atoms with Crippen molar-refractivity contribution >= 4 is 35.0 Å². The van der Waals surface area contributed by atoms with E-state index in [9.17, 15) is 19.5 Å². The smallest absolute Gasteiger partial charge is 0.407 e. The van der Waals surface area contributed by atoms with Crippen LogP contribution in [0.2, 0.25) is 0 Å². The standard InChI is InChI=1S/C24H31N9O5/c1-38-9-8-32(24(36)37)16-6-4-15(5-7-16)29-20-10-17(28-14-2-3-14)22-25-12-18(33(22)31-20)23(35)30-19-11-21(34)27-13-26-19/h10-16,28H,2-9H2,1H3,(H,29,31)(H,36,37)(H2,26,27,30,34,35). The number of fused-ring (bicyclic) bond motifs is 1. The van der Waals surface area contributed by atoms with Crippen LogP contribution < -0.4 is 21.5 Å². The Labute approximate surface area is 217 Å². The Morgan fingerprint density at radius 2 is 1.84 bits per heavy atom. The number of rotatable bonds is 10. The molecule has 2 fully saturated rings. The van der Waals surface area contributed by atoms with E-state index in [0.717, 1.165) is 44.2 Å². The maximum absolute atomic E-state index is 13.0. The van der Waals surface area contributed by atoms with Crippen LogP contribution in [0.4, 0.5) is 22.1 Å². The minimum Gasteiger partial charge on any atom is -0.465 e. The fourth-order valence-electron chi connectivity index (χ4n) is 4.73. The van der Waals surface area contributed by atoms with E-state index in [0.29, 0.717) is 30.7 Å². The van der Waals surface area contributed by atoms with E-state index in [2.05, 4.69) is 36.0 Å². The third kappa shape index (κ3) is 5.85. The zero-order valence-corrected chi connectivity index (χ0v) is 21.0. The Balaban J connectivity index is 1.33. The van der Waals surface area contributed by atoms with Gasteiger partial charge in [-0.15, -0.1) is 5.10 Å². The summed E-state index contributed by atoms with van der Waals surface area (Å²) in [5, 5.41) is 23.8. The fourth-order valence-corrected chi connectivity index (χ4v) is 4.73. The van der Waals surface area contributed by atoms with Crippen LogP contribution in [0, 0.1) is 0 Å². The number of nitrogens with zero attached hydrogens (tertiary/aromatic N) is 5. The third-order valence-corrected chi connectivity index (χ3v) is 6.83. The number of H-pyrrole nitrogens is 1. The molecule has 3 aromatic rings. The molecule has 0 aliphatic heterocycles. The quantitative estimate of drug-likeness (QED) is 0.263. The number of imidazole rings is 1. The first kappa shape index (κ1) is 25.4. The Morgan fingerprint density at radius 3 is 2.53 bits per heavy atom. The van der Waals surface area contributed by atoms with E-state index in [1.54, 1.807) is 7.11 Å². The van der Waals surface area contributed by atoms with Crippen LogP contribution >= 0.6 is 0 Å². The molecule has 202 valence electrons. The highest BCUT2D eigenvalue weighted by Gasteiger charge is 2.29. The second-order valence-corrected chi connectivity index (χ2v) is 9.61. The van der Waals surface area contributed by atoms with E-state index in [1.165, 1.54) is 28.0 Å². The van der Waals surface area contributed by atoms with Crippen molar-refractivity contribution in [1.29, 1.82) is 0 Å². The number of hydrogen-bond donors (Lipinski definition) is 5. The zero-order valence-electron chi connectivity index (χ0n) is 21.0. The molecule has 2 saturated carbocycles. The van der Waals surface area contributed by atoms with Crippen LogP contribution in [0.5, 0.6) is 0 Å². The van der Waals surface area contributed by atoms with E-state index < -0.39 is 12.0 Å². The monoisotopic (exact) mass is 525 g/mol. The first-order chi connectivity index (χ1) is 18.4. The molecule has 14 heteroatoms. The van der Waals surface area contributed by atoms with Crippen LogP contribution in [-0.4, -0.2) is 85.0 Å². The van der Waals surface area contributed by atoms with Gasteiger partial charge < -0.3 is 35.7 Å². The van der Waals surface area contributed by atoms with Crippen molar-refractivity contribution in [3.63, 3.8) is 0 Å². The lowest BCUT2D eigenvalue weighted by atomic mass is 9.90. The first-order valence-electron chi connectivity index (χ1n) is 12.7. The van der Waals surface area contributed by atoms with Gasteiger partial charge in [-0.2, -0.15) is 0 Å². The lowest BCUT2D eigenvalue weighted by Gasteiger charge is -2.35. The van der Waals surface area contributed by atoms with E-state index >= 15 is 0 Å². The van der Waals surface area contributed by atoms with Crippen molar-refractivity contribution in [3.05, 3.63) is 40.7 Å². The predicted molar refractivity (Wildman–Crippen MR) is 139 cm³/mol. The molecule has 5 N–H and O–H groups in total. The third-order valence-electron chi connectivity index (χ3n) is 6.83. The average Bonchev–Trinajstić information content (AvgIpc) is 3.60. The lowest BCUT2D eigenvalue weighted by Crippen LogP contribution is -2.44. The van der Waals surface area contributed by atoms with Gasteiger partial charge >= 0.3 is 6.09 Å². The maximum atomic E-state index is 13.0. The molecule has 0 radical (unpaired) electrons. The summed E-state index contributed by atoms with van der Waals surface area (Å²) < 4.78 is 6.55. The van der Waals surface area contributed by atoms with Crippen LogP contribution in [0.25, 0.3) is 5.65 Å². The first-order valence-corrected chi connectivity index (χ1v) is 12.7. The van der Waals surface area contributed by atoms with Crippen molar-refractivity contribution in [2.45, 2.75) is 56.7 Å². The molecule has 38 heavy (non-hydrogen) atoms. The molecule has 14 nitrogen and oxygen atoms in total. The number of carbonyl (C=O) groups excluding carboxylic acids is 1. The Bertz CT molecular complexity index is 1360. The van der Waals surface area contributed by atoms with Gasteiger partial charge in [0.1, 0.15) is 11.6 Å². The topological polar surface area (TPSA) is 179 Å². The molecule has 3 aromatic heterocycles. The summed E-state index contributed by atoms with van der Waals surface area (Å²) in [6, 6.07) is 3.50. The molecule has 5 rings (SSSR count). The average molecular weight is 526 g/mol. The second-order valence-electron chi connectivity index (χ2n) is 9.61.